The van der Waals surface area contributed by atoms with Crippen LogP contribution in [0.15, 0.2) is 48.5 Å². The molecule has 1 N–H and O–H groups in total. The van der Waals surface area contributed by atoms with Crippen molar-refractivity contribution in [2.45, 2.75) is 6.18 Å². The van der Waals surface area contributed by atoms with E-state index in [1.54, 1.807) is 18.2 Å². The van der Waals surface area contributed by atoms with Crippen LogP contribution in [0.1, 0.15) is 5.56 Å². The van der Waals surface area contributed by atoms with Crippen molar-refractivity contribution in [3.63, 3.8) is 0 Å². The monoisotopic (exact) mass is 296 g/mol. The molecule has 0 heterocycles. The molecule has 0 aromatic heterocycles. The van der Waals surface area contributed by atoms with Gasteiger partial charge in [0, 0.05) is 0 Å². The number of ether oxygens (including phenoxy) is 1. The number of hydrogen-bond acceptors (Lipinski definition) is 2. The number of carbonyl (C=O) groups is 1. The molecule has 0 bridgehead atoms. The molecule has 2 rings (SSSR count). The summed E-state index contributed by atoms with van der Waals surface area (Å²) in [6.07, 6.45) is -4.39. The van der Waals surface area contributed by atoms with E-state index in [1.165, 1.54) is 18.2 Å². The maximum atomic E-state index is 12.6. The number of hydrogen-bond donors (Lipinski definition) is 1. The van der Waals surface area contributed by atoms with Gasteiger partial charge in [-0.3, -0.25) is 0 Å². The van der Waals surface area contributed by atoms with Gasteiger partial charge in [-0.25, -0.2) is 4.79 Å². The topological polar surface area (TPSA) is 46.5 Å². The highest BCUT2D eigenvalue weighted by Crippen LogP contribution is 2.32. The quantitative estimate of drug-likeness (QED) is 0.932. The summed E-state index contributed by atoms with van der Waals surface area (Å²) in [5.74, 6) is -0.759. The number of carboxylic acids is 1. The van der Waals surface area contributed by atoms with Gasteiger partial charge in [0.25, 0.3) is 0 Å². The molecular weight excluding hydrogens is 285 g/mol. The van der Waals surface area contributed by atoms with Crippen molar-refractivity contribution in [3.8, 4) is 16.9 Å². The first kappa shape index (κ1) is 14.9. The summed E-state index contributed by atoms with van der Waals surface area (Å²) in [4.78, 5) is 10.4. The van der Waals surface area contributed by atoms with Crippen LogP contribution in [0.3, 0.4) is 0 Å². The molecule has 0 aliphatic rings. The van der Waals surface area contributed by atoms with Crippen LogP contribution in [0.2, 0.25) is 0 Å². The second-order valence-corrected chi connectivity index (χ2v) is 4.29. The van der Waals surface area contributed by atoms with Crippen LogP contribution in [0.5, 0.6) is 5.75 Å². The summed E-state index contributed by atoms with van der Waals surface area (Å²) in [6.45, 7) is -0.469. The fraction of sp³-hybridized carbons (Fsp3) is 0.133. The first-order valence-corrected chi connectivity index (χ1v) is 5.98. The van der Waals surface area contributed by atoms with Gasteiger partial charge < -0.3 is 9.84 Å². The summed E-state index contributed by atoms with van der Waals surface area (Å²) in [6, 6.07) is 11.2. The Morgan fingerprint density at radius 1 is 1.05 bits per heavy atom. The second kappa shape index (κ2) is 5.87. The van der Waals surface area contributed by atoms with E-state index < -0.39 is 24.3 Å². The molecule has 0 radical (unpaired) electrons. The third-order valence-electron chi connectivity index (χ3n) is 2.74. The molecule has 6 heteroatoms. The van der Waals surface area contributed by atoms with Crippen LogP contribution >= 0.6 is 0 Å². The number of aliphatic carboxylic acids is 1. The van der Waals surface area contributed by atoms with Gasteiger partial charge in [-0.15, -0.1) is 0 Å². The Labute approximate surface area is 118 Å². The van der Waals surface area contributed by atoms with E-state index in [-0.39, 0.29) is 0 Å². The molecule has 2 aromatic carbocycles. The van der Waals surface area contributed by atoms with Gasteiger partial charge in [-0.05, 0) is 35.4 Å². The summed E-state index contributed by atoms with van der Waals surface area (Å²) in [5.41, 5.74) is 0.296. The summed E-state index contributed by atoms with van der Waals surface area (Å²) >= 11 is 0. The van der Waals surface area contributed by atoms with Crippen molar-refractivity contribution >= 4 is 5.97 Å². The van der Waals surface area contributed by atoms with Gasteiger partial charge in [-0.1, -0.05) is 24.3 Å². The Bertz CT molecular complexity index is 633. The molecule has 2 aromatic rings. The maximum absolute atomic E-state index is 12.6. The average molecular weight is 296 g/mol. The van der Waals surface area contributed by atoms with Crippen molar-refractivity contribution in [3.05, 3.63) is 54.1 Å². The molecule has 3 nitrogen and oxygen atoms in total. The van der Waals surface area contributed by atoms with E-state index in [9.17, 15) is 18.0 Å². The van der Waals surface area contributed by atoms with Crippen LogP contribution in [0.4, 0.5) is 13.2 Å². The minimum atomic E-state index is -4.39. The van der Waals surface area contributed by atoms with Crippen molar-refractivity contribution < 1.29 is 27.8 Å². The van der Waals surface area contributed by atoms with Gasteiger partial charge >= 0.3 is 12.1 Å². The lowest BCUT2D eigenvalue weighted by Crippen LogP contribution is -2.09. The van der Waals surface area contributed by atoms with Crippen LogP contribution in [-0.4, -0.2) is 17.7 Å². The number of benzene rings is 2. The maximum Gasteiger partial charge on any atom is 0.416 e. The zero-order valence-electron chi connectivity index (χ0n) is 10.7. The van der Waals surface area contributed by atoms with Gasteiger partial charge in [0.2, 0.25) is 0 Å². The Kier molecular flexibility index (Phi) is 4.16. The molecule has 21 heavy (non-hydrogen) atoms. The number of carboxylic acid groups (broad SMARTS) is 1. The first-order chi connectivity index (χ1) is 9.86. The highest BCUT2D eigenvalue weighted by molar-refractivity contribution is 5.69. The molecule has 0 unspecified atom stereocenters. The molecule has 0 amide bonds. The van der Waals surface area contributed by atoms with Crippen molar-refractivity contribution in [2.75, 3.05) is 6.61 Å². The lowest BCUT2D eigenvalue weighted by Gasteiger charge is -2.09. The first-order valence-electron chi connectivity index (χ1n) is 5.98. The van der Waals surface area contributed by atoms with Crippen LogP contribution in [0.25, 0.3) is 11.1 Å². The average Bonchev–Trinajstić information content (AvgIpc) is 2.45. The second-order valence-electron chi connectivity index (χ2n) is 4.29. The van der Waals surface area contributed by atoms with Gasteiger partial charge in [0.05, 0.1) is 5.56 Å². The van der Waals surface area contributed by atoms with E-state index in [4.69, 9.17) is 9.84 Å². The third-order valence-corrected chi connectivity index (χ3v) is 2.74. The normalized spacial score (nSPS) is 11.2. The molecule has 0 aliphatic carbocycles. The SMILES string of the molecule is O=C(O)COc1ccc(-c2cccc(C(F)(F)F)c2)cc1. The van der Waals surface area contributed by atoms with Crippen LogP contribution in [-0.2, 0) is 11.0 Å². The highest BCUT2D eigenvalue weighted by atomic mass is 19.4. The molecular formula is C15H11F3O3. The number of halogens is 3. The minimum Gasteiger partial charge on any atom is -0.482 e. The Balaban J connectivity index is 2.21. The molecule has 0 fully saturated rings. The van der Waals surface area contributed by atoms with Crippen molar-refractivity contribution in [1.82, 2.24) is 0 Å². The molecule has 0 saturated carbocycles. The van der Waals surface area contributed by atoms with Crippen LogP contribution < -0.4 is 4.74 Å². The zero-order valence-corrected chi connectivity index (χ0v) is 10.7. The van der Waals surface area contributed by atoms with Crippen molar-refractivity contribution in [1.29, 1.82) is 0 Å². The molecule has 110 valence electrons. The largest absolute Gasteiger partial charge is 0.482 e. The van der Waals surface area contributed by atoms with Gasteiger partial charge in [0.1, 0.15) is 5.75 Å². The number of alkyl halides is 3. The summed E-state index contributed by atoms with van der Waals surface area (Å²) in [7, 11) is 0. The Morgan fingerprint density at radius 3 is 2.29 bits per heavy atom. The molecule has 0 saturated heterocycles. The van der Waals surface area contributed by atoms with E-state index in [2.05, 4.69) is 0 Å². The lowest BCUT2D eigenvalue weighted by molar-refractivity contribution is -0.139. The highest BCUT2D eigenvalue weighted by Gasteiger charge is 2.30. The smallest absolute Gasteiger partial charge is 0.416 e. The summed E-state index contributed by atoms with van der Waals surface area (Å²) in [5, 5.41) is 8.48. The van der Waals surface area contributed by atoms with E-state index in [0.717, 1.165) is 12.1 Å². The fourth-order valence-corrected chi connectivity index (χ4v) is 1.76. The third kappa shape index (κ3) is 3.98. The minimum absolute atomic E-state index is 0.341. The molecule has 0 aliphatic heterocycles. The van der Waals surface area contributed by atoms with E-state index >= 15 is 0 Å². The van der Waals surface area contributed by atoms with Crippen LogP contribution in [0, 0.1) is 0 Å². The van der Waals surface area contributed by atoms with Gasteiger partial charge in [-0.2, -0.15) is 13.2 Å². The zero-order chi connectivity index (χ0) is 15.5. The Morgan fingerprint density at radius 2 is 1.71 bits per heavy atom. The number of rotatable bonds is 4. The molecule has 0 atom stereocenters. The standard InChI is InChI=1S/C15H11F3O3/c16-15(17,18)12-3-1-2-11(8-12)10-4-6-13(7-5-10)21-9-14(19)20/h1-8H,9H2,(H,19,20). The predicted molar refractivity (Wildman–Crippen MR) is 70.0 cm³/mol. The fourth-order valence-electron chi connectivity index (χ4n) is 1.76. The predicted octanol–water partition coefficient (Wildman–Crippen LogP) is 3.84. The Hall–Kier alpha value is -2.50. The van der Waals surface area contributed by atoms with Crippen molar-refractivity contribution in [2.24, 2.45) is 0 Å². The molecule has 0 spiro atoms. The van der Waals surface area contributed by atoms with Gasteiger partial charge in [0.15, 0.2) is 6.61 Å². The van der Waals surface area contributed by atoms with E-state index in [0.29, 0.717) is 16.9 Å². The van der Waals surface area contributed by atoms with E-state index in [1.807, 2.05) is 0 Å². The lowest BCUT2D eigenvalue weighted by atomic mass is 10.0. The summed E-state index contributed by atoms with van der Waals surface area (Å²) < 4.78 is 42.9.